The highest BCUT2D eigenvalue weighted by molar-refractivity contribution is 4.87. The molecule has 1 heterocycles. The standard InChI is InChI=1S/C6H13N3/c1-6(8-9-6)4-3-5-7-2/h7H,3-5H2,1-2H3. The molecule has 3 nitrogen and oxygen atoms in total. The summed E-state index contributed by atoms with van der Waals surface area (Å²) in [4.78, 5) is 0. The van der Waals surface area contributed by atoms with Crippen LogP contribution in [-0.2, 0) is 0 Å². The fourth-order valence-electron chi connectivity index (χ4n) is 0.785. The Morgan fingerprint density at radius 1 is 1.44 bits per heavy atom. The second kappa shape index (κ2) is 2.43. The minimum Gasteiger partial charge on any atom is -0.320 e. The summed E-state index contributed by atoms with van der Waals surface area (Å²) in [5.74, 6) is 0. The van der Waals surface area contributed by atoms with Crippen LogP contribution in [0.25, 0.3) is 0 Å². The predicted molar refractivity (Wildman–Crippen MR) is 36.4 cm³/mol. The van der Waals surface area contributed by atoms with Crippen LogP contribution in [0, 0.1) is 0 Å². The maximum atomic E-state index is 3.90. The van der Waals surface area contributed by atoms with Gasteiger partial charge >= 0.3 is 0 Å². The Bertz CT molecular complexity index is 113. The van der Waals surface area contributed by atoms with E-state index in [0.29, 0.717) is 0 Å². The summed E-state index contributed by atoms with van der Waals surface area (Å²) >= 11 is 0. The van der Waals surface area contributed by atoms with Crippen molar-refractivity contribution in [1.29, 1.82) is 0 Å². The maximum absolute atomic E-state index is 3.90. The maximum Gasteiger partial charge on any atom is 0.188 e. The third-order valence-electron chi connectivity index (χ3n) is 1.52. The molecule has 0 aliphatic carbocycles. The number of hydrogen-bond donors (Lipinski definition) is 1. The van der Waals surface area contributed by atoms with Gasteiger partial charge in [0.15, 0.2) is 5.66 Å². The third-order valence-corrected chi connectivity index (χ3v) is 1.52. The molecule has 1 rings (SSSR count). The van der Waals surface area contributed by atoms with E-state index in [1.807, 2.05) is 7.05 Å². The first-order valence-corrected chi connectivity index (χ1v) is 3.35. The summed E-state index contributed by atoms with van der Waals surface area (Å²) in [5, 5.41) is 10.9. The monoisotopic (exact) mass is 127 g/mol. The van der Waals surface area contributed by atoms with E-state index in [0.717, 1.165) is 13.0 Å². The molecular weight excluding hydrogens is 114 g/mol. The van der Waals surface area contributed by atoms with Crippen molar-refractivity contribution in [3.8, 4) is 0 Å². The van der Waals surface area contributed by atoms with E-state index in [-0.39, 0.29) is 5.66 Å². The van der Waals surface area contributed by atoms with Gasteiger partial charge < -0.3 is 5.32 Å². The molecule has 0 aromatic rings. The lowest BCUT2D eigenvalue weighted by molar-refractivity contribution is 0.553. The number of hydrogen-bond acceptors (Lipinski definition) is 3. The van der Waals surface area contributed by atoms with Gasteiger partial charge in [-0.05, 0) is 33.4 Å². The highest BCUT2D eigenvalue weighted by Crippen LogP contribution is 2.31. The van der Waals surface area contributed by atoms with Crippen molar-refractivity contribution in [2.75, 3.05) is 13.6 Å². The zero-order valence-corrected chi connectivity index (χ0v) is 6.02. The van der Waals surface area contributed by atoms with Gasteiger partial charge in [0.25, 0.3) is 0 Å². The lowest BCUT2D eigenvalue weighted by Gasteiger charge is -2.01. The normalized spacial score (nSPS) is 20.2. The molecule has 0 spiro atoms. The number of rotatable bonds is 4. The molecule has 3 heteroatoms. The van der Waals surface area contributed by atoms with Crippen LogP contribution in [0.15, 0.2) is 10.2 Å². The molecule has 0 fully saturated rings. The van der Waals surface area contributed by atoms with Gasteiger partial charge in [-0.3, -0.25) is 0 Å². The minimum absolute atomic E-state index is 0.0108. The molecule has 0 aromatic carbocycles. The molecule has 0 saturated heterocycles. The van der Waals surface area contributed by atoms with Crippen molar-refractivity contribution in [1.82, 2.24) is 5.32 Å². The first-order chi connectivity index (χ1) is 4.27. The van der Waals surface area contributed by atoms with Crippen molar-refractivity contribution in [3.63, 3.8) is 0 Å². The van der Waals surface area contributed by atoms with E-state index in [9.17, 15) is 0 Å². The predicted octanol–water partition coefficient (Wildman–Crippen LogP) is 1.17. The molecule has 1 aliphatic heterocycles. The quantitative estimate of drug-likeness (QED) is 0.565. The molecule has 1 aliphatic rings. The van der Waals surface area contributed by atoms with Gasteiger partial charge in [0.1, 0.15) is 0 Å². The fraction of sp³-hybridized carbons (Fsp3) is 1.00. The lowest BCUT2D eigenvalue weighted by atomic mass is 10.1. The van der Waals surface area contributed by atoms with Gasteiger partial charge in [0.05, 0.1) is 0 Å². The van der Waals surface area contributed by atoms with Gasteiger partial charge in [0.2, 0.25) is 0 Å². The molecule has 0 amide bonds. The van der Waals surface area contributed by atoms with E-state index < -0.39 is 0 Å². The van der Waals surface area contributed by atoms with Crippen molar-refractivity contribution in [2.45, 2.75) is 25.4 Å². The van der Waals surface area contributed by atoms with Crippen LogP contribution in [0.2, 0.25) is 0 Å². The average Bonchev–Trinajstić information content (AvgIpc) is 2.50. The average molecular weight is 127 g/mol. The first kappa shape index (κ1) is 6.68. The van der Waals surface area contributed by atoms with E-state index in [4.69, 9.17) is 0 Å². The Labute approximate surface area is 55.6 Å². The highest BCUT2D eigenvalue weighted by Gasteiger charge is 2.32. The van der Waals surface area contributed by atoms with Crippen LogP contribution >= 0.6 is 0 Å². The summed E-state index contributed by atoms with van der Waals surface area (Å²) in [5.41, 5.74) is 0.0108. The molecule has 52 valence electrons. The van der Waals surface area contributed by atoms with Crippen LogP contribution in [0.1, 0.15) is 19.8 Å². The van der Waals surface area contributed by atoms with Crippen molar-refractivity contribution in [2.24, 2.45) is 10.2 Å². The SMILES string of the molecule is CNCCCC1(C)N=N1. The van der Waals surface area contributed by atoms with Gasteiger partial charge in [-0.1, -0.05) is 0 Å². The summed E-state index contributed by atoms with van der Waals surface area (Å²) in [6.07, 6.45) is 2.26. The van der Waals surface area contributed by atoms with Crippen LogP contribution in [0.3, 0.4) is 0 Å². The van der Waals surface area contributed by atoms with E-state index in [2.05, 4.69) is 22.5 Å². The number of nitrogens with zero attached hydrogens (tertiary/aromatic N) is 2. The summed E-state index contributed by atoms with van der Waals surface area (Å²) in [7, 11) is 1.96. The van der Waals surface area contributed by atoms with Gasteiger partial charge in [0, 0.05) is 0 Å². The zero-order chi connectivity index (χ0) is 6.74. The molecule has 0 bridgehead atoms. The second-order valence-electron chi connectivity index (χ2n) is 2.62. The Morgan fingerprint density at radius 3 is 2.56 bits per heavy atom. The summed E-state index contributed by atoms with van der Waals surface area (Å²) in [6, 6.07) is 0. The van der Waals surface area contributed by atoms with E-state index in [1.54, 1.807) is 0 Å². The van der Waals surface area contributed by atoms with Crippen molar-refractivity contribution < 1.29 is 0 Å². The minimum atomic E-state index is 0.0108. The van der Waals surface area contributed by atoms with Crippen molar-refractivity contribution in [3.05, 3.63) is 0 Å². The largest absolute Gasteiger partial charge is 0.320 e. The van der Waals surface area contributed by atoms with Crippen LogP contribution in [0.4, 0.5) is 0 Å². The Kier molecular flexibility index (Phi) is 1.81. The molecular formula is C6H13N3. The van der Waals surface area contributed by atoms with Gasteiger partial charge in [-0.2, -0.15) is 10.2 Å². The molecule has 0 aromatic heterocycles. The molecule has 0 atom stereocenters. The van der Waals surface area contributed by atoms with Crippen molar-refractivity contribution >= 4 is 0 Å². The Balaban J connectivity index is 1.93. The van der Waals surface area contributed by atoms with Crippen LogP contribution in [0.5, 0.6) is 0 Å². The Hall–Kier alpha value is -0.440. The lowest BCUT2D eigenvalue weighted by Crippen LogP contribution is -2.12. The zero-order valence-electron chi connectivity index (χ0n) is 6.02. The van der Waals surface area contributed by atoms with Gasteiger partial charge in [-0.25, -0.2) is 0 Å². The highest BCUT2D eigenvalue weighted by atomic mass is 15.4. The number of nitrogens with one attached hydrogen (secondary N) is 1. The molecule has 0 saturated carbocycles. The van der Waals surface area contributed by atoms with Gasteiger partial charge in [-0.15, -0.1) is 0 Å². The van der Waals surface area contributed by atoms with E-state index in [1.165, 1.54) is 6.42 Å². The van der Waals surface area contributed by atoms with Crippen LogP contribution in [-0.4, -0.2) is 19.3 Å². The second-order valence-corrected chi connectivity index (χ2v) is 2.62. The molecule has 9 heavy (non-hydrogen) atoms. The fourth-order valence-corrected chi connectivity index (χ4v) is 0.785. The topological polar surface area (TPSA) is 36.8 Å². The van der Waals surface area contributed by atoms with E-state index >= 15 is 0 Å². The summed E-state index contributed by atoms with van der Waals surface area (Å²) in [6.45, 7) is 3.13. The molecule has 0 unspecified atom stereocenters. The summed E-state index contributed by atoms with van der Waals surface area (Å²) < 4.78 is 0. The molecule has 1 N–H and O–H groups in total. The first-order valence-electron chi connectivity index (χ1n) is 3.35. The smallest absolute Gasteiger partial charge is 0.188 e. The Morgan fingerprint density at radius 2 is 2.11 bits per heavy atom. The third kappa shape index (κ3) is 2.10. The van der Waals surface area contributed by atoms with Crippen LogP contribution < -0.4 is 5.32 Å². The molecule has 0 radical (unpaired) electrons.